The van der Waals surface area contributed by atoms with Gasteiger partial charge >= 0.3 is 0 Å². The summed E-state index contributed by atoms with van der Waals surface area (Å²) >= 11 is 0. The van der Waals surface area contributed by atoms with Crippen molar-refractivity contribution < 1.29 is 10.2 Å². The first-order valence-corrected chi connectivity index (χ1v) is 2.62. The Morgan fingerprint density at radius 1 is 1.29 bits per heavy atom. The fourth-order valence-electron chi connectivity index (χ4n) is 0.892. The van der Waals surface area contributed by atoms with Crippen molar-refractivity contribution in [1.29, 1.82) is 2.86 Å². The minimum absolute atomic E-state index is 0.164. The van der Waals surface area contributed by atoms with Gasteiger partial charge in [0.05, 0.1) is 12.2 Å². The van der Waals surface area contributed by atoms with E-state index in [9.17, 15) is 0 Å². The van der Waals surface area contributed by atoms with Crippen molar-refractivity contribution in [2.75, 3.05) is 0 Å². The summed E-state index contributed by atoms with van der Waals surface area (Å²) in [5.74, 6) is 0. The van der Waals surface area contributed by atoms with Crippen LogP contribution in [0, 0.1) is 0 Å². The largest absolute Gasteiger partial charge is 0.390 e. The smallest absolute Gasteiger partial charge is 0.211 e. The second-order valence-corrected chi connectivity index (χ2v) is 2.01. The highest BCUT2D eigenvalue weighted by atomic mass is 16.3. The van der Waals surface area contributed by atoms with Gasteiger partial charge in [-0.1, -0.05) is 0 Å². The van der Waals surface area contributed by atoms with Crippen molar-refractivity contribution >= 4 is 0 Å². The number of aliphatic hydroxyl groups excluding tert-OH is 2. The number of hydrogen-bond acceptors (Lipinski definition) is 2. The number of rotatable bonds is 2. The lowest BCUT2D eigenvalue weighted by atomic mass is 10.3. The Hall–Kier alpha value is -0.0800. The molecular formula is C5H10O2. The van der Waals surface area contributed by atoms with Crippen LogP contribution in [0.2, 0.25) is 0 Å². The lowest BCUT2D eigenvalue weighted by molar-refractivity contribution is 0.0438. The molecule has 0 aromatic rings. The van der Waals surface area contributed by atoms with Crippen LogP contribution in [-0.2, 0) is 0 Å². The van der Waals surface area contributed by atoms with Crippen molar-refractivity contribution in [3.63, 3.8) is 0 Å². The Kier molecular flexibility index (Phi) is 0.784. The molecule has 0 aromatic heterocycles. The normalized spacial score (nSPS) is 45.7. The molecule has 1 aliphatic rings. The Bertz CT molecular complexity index is 79.0. The summed E-state index contributed by atoms with van der Waals surface area (Å²) in [4.78, 5) is 0. The quantitative estimate of drug-likeness (QED) is 0.513. The van der Waals surface area contributed by atoms with Crippen LogP contribution in [0.4, 0.5) is 0 Å². The van der Waals surface area contributed by atoms with Crippen molar-refractivity contribution in [2.24, 2.45) is 0 Å². The van der Waals surface area contributed by atoms with Crippen molar-refractivity contribution in [3.8, 4) is 0 Å². The monoisotopic (exact) mass is 104 g/mol. The summed E-state index contributed by atoms with van der Waals surface area (Å²) in [5.41, 5.74) is 0. The predicted octanol–water partition coefficient (Wildman–Crippen LogP) is -0.108. The molecule has 0 bridgehead atoms. The van der Waals surface area contributed by atoms with E-state index in [2.05, 4.69) is 10.2 Å². The zero-order valence-corrected chi connectivity index (χ0v) is 4.09. The van der Waals surface area contributed by atoms with E-state index < -0.39 is 0 Å². The van der Waals surface area contributed by atoms with Crippen molar-refractivity contribution in [3.05, 3.63) is 0 Å². The molecule has 0 radical (unpaired) electrons. The third-order valence-electron chi connectivity index (χ3n) is 1.39. The second kappa shape index (κ2) is 1.80. The Balaban J connectivity index is 2.32. The highest BCUT2D eigenvalue weighted by Gasteiger charge is 2.21. The summed E-state index contributed by atoms with van der Waals surface area (Å²) in [5, 5.41) is 8.64. The Morgan fingerprint density at radius 2 is 1.86 bits per heavy atom. The molecule has 0 unspecified atom stereocenters. The molecule has 1 rings (SSSR count). The summed E-state index contributed by atoms with van der Waals surface area (Å²) in [6.45, 7) is 0. The third-order valence-corrected chi connectivity index (χ3v) is 1.39. The first kappa shape index (κ1) is 3.05. The molecule has 0 heterocycles. The maximum Gasteiger partial charge on any atom is 0.211 e. The lowest BCUT2D eigenvalue weighted by Crippen LogP contribution is -2.17. The van der Waals surface area contributed by atoms with Gasteiger partial charge in [0.25, 0.3) is 0 Å². The molecule has 1 fully saturated rings. The van der Waals surface area contributed by atoms with E-state index in [1.165, 1.54) is 0 Å². The Labute approximate surface area is 45.8 Å². The van der Waals surface area contributed by atoms with Crippen LogP contribution < -0.4 is 0 Å². The molecule has 42 valence electrons. The highest BCUT2D eigenvalue weighted by Crippen LogP contribution is 2.17. The standard InChI is InChI=1S/C5H10O2/c6-4-2-1-3-5(4)7/h4-7H,1-3H2/t4-,5-/m0/s1/i6D,7D. The maximum atomic E-state index is 6.57. The molecule has 1 saturated carbocycles. The summed E-state index contributed by atoms with van der Waals surface area (Å²) in [7, 11) is 0. The van der Waals surface area contributed by atoms with E-state index in [1.54, 1.807) is 0 Å². The van der Waals surface area contributed by atoms with Gasteiger partial charge in [-0.25, -0.2) is 0 Å². The van der Waals surface area contributed by atoms with Gasteiger partial charge in [-0.2, -0.15) is 0 Å². The van der Waals surface area contributed by atoms with Crippen LogP contribution >= 0.6 is 0 Å². The molecule has 0 aromatic carbocycles. The molecule has 0 aliphatic heterocycles. The molecule has 2 atom stereocenters. The summed E-state index contributed by atoms with van der Waals surface area (Å²) in [6, 6.07) is 0. The van der Waals surface area contributed by atoms with Gasteiger partial charge in [0.15, 0.2) is 0 Å². The summed E-state index contributed by atoms with van der Waals surface area (Å²) in [6.07, 6.45) is 2.39. The van der Waals surface area contributed by atoms with Crippen LogP contribution in [0.25, 0.3) is 0 Å². The van der Waals surface area contributed by atoms with Crippen LogP contribution in [0.1, 0.15) is 19.3 Å². The maximum absolute atomic E-state index is 6.57. The van der Waals surface area contributed by atoms with Gasteiger partial charge < -0.3 is 10.2 Å². The zero-order chi connectivity index (χ0) is 6.69. The van der Waals surface area contributed by atoms with E-state index in [-0.39, 0.29) is 12.2 Å². The van der Waals surface area contributed by atoms with Gasteiger partial charge in [-0.15, -0.1) is 0 Å². The SMILES string of the molecule is [2H]O[C@H]1CCC[C@@H]1O[2H]. The minimum atomic E-state index is -0.164. The summed E-state index contributed by atoms with van der Waals surface area (Å²) < 4.78 is 13.1. The van der Waals surface area contributed by atoms with Crippen molar-refractivity contribution in [2.45, 2.75) is 31.5 Å². The lowest BCUT2D eigenvalue weighted by Gasteiger charge is -2.03. The number of hydrogen-bond donors (Lipinski definition) is 2. The molecule has 0 saturated heterocycles. The fourth-order valence-corrected chi connectivity index (χ4v) is 0.892. The van der Waals surface area contributed by atoms with Gasteiger partial charge in [-0.05, 0) is 19.3 Å². The van der Waals surface area contributed by atoms with E-state index in [0.717, 1.165) is 19.3 Å². The van der Waals surface area contributed by atoms with Gasteiger partial charge in [0, 0.05) is 0 Å². The molecule has 0 spiro atoms. The Morgan fingerprint density at radius 3 is 2.29 bits per heavy atom. The van der Waals surface area contributed by atoms with Crippen molar-refractivity contribution in [1.82, 2.24) is 0 Å². The molecule has 1 aliphatic carbocycles. The van der Waals surface area contributed by atoms with Gasteiger partial charge in [0.2, 0.25) is 2.86 Å². The topological polar surface area (TPSA) is 40.5 Å². The van der Waals surface area contributed by atoms with E-state index in [4.69, 9.17) is 2.86 Å². The molecule has 2 N–H and O–H groups in total. The second-order valence-electron chi connectivity index (χ2n) is 2.01. The van der Waals surface area contributed by atoms with Gasteiger partial charge in [-0.3, -0.25) is 0 Å². The van der Waals surface area contributed by atoms with E-state index >= 15 is 0 Å². The molecular weight excluding hydrogens is 92.1 g/mol. The van der Waals surface area contributed by atoms with Crippen LogP contribution in [0.3, 0.4) is 0 Å². The molecule has 0 amide bonds. The molecule has 7 heavy (non-hydrogen) atoms. The van der Waals surface area contributed by atoms with Crippen LogP contribution in [-0.4, -0.2) is 25.3 Å². The first-order valence-electron chi connectivity index (χ1n) is 3.44. The van der Waals surface area contributed by atoms with Crippen LogP contribution in [0.5, 0.6) is 0 Å². The van der Waals surface area contributed by atoms with E-state index in [1.807, 2.05) is 0 Å². The zero-order valence-electron chi connectivity index (χ0n) is 6.09. The van der Waals surface area contributed by atoms with Gasteiger partial charge in [0.1, 0.15) is 0 Å². The third kappa shape index (κ3) is 0.924. The molecule has 2 heteroatoms. The first-order chi connectivity index (χ1) is 4.38. The average Bonchev–Trinajstić information content (AvgIpc) is 2.33. The fraction of sp³-hybridized carbons (Fsp3) is 1.00. The highest BCUT2D eigenvalue weighted by molar-refractivity contribution is 4.74. The predicted molar refractivity (Wildman–Crippen MR) is 25.9 cm³/mol. The van der Waals surface area contributed by atoms with Crippen LogP contribution in [0.15, 0.2) is 0 Å². The van der Waals surface area contributed by atoms with E-state index in [0.29, 0.717) is 0 Å². The minimum Gasteiger partial charge on any atom is -0.390 e. The average molecular weight is 104 g/mol. The molecule has 2 nitrogen and oxygen atoms in total. The number of aliphatic hydroxyl groups is 2.